The van der Waals surface area contributed by atoms with Gasteiger partial charge in [0.05, 0.1) is 18.8 Å². The number of allylic oxidation sites excluding steroid dienone is 5. The normalized spacial score (nSPS) is 13.8. The topological polar surface area (TPSA) is 69.6 Å². The summed E-state index contributed by atoms with van der Waals surface area (Å²) in [6.07, 6.45) is 35.5. The molecule has 2 atom stereocenters. The van der Waals surface area contributed by atoms with Crippen LogP contribution >= 0.6 is 0 Å². The predicted octanol–water partition coefficient (Wildman–Crippen LogP) is 8.33. The second-order valence-corrected chi connectivity index (χ2v) is 10.2. The lowest BCUT2D eigenvalue weighted by Crippen LogP contribution is -2.45. The number of carbonyl (C=O) groups is 1. The summed E-state index contributed by atoms with van der Waals surface area (Å²) in [4.78, 5) is 12.0. The zero-order valence-electron chi connectivity index (χ0n) is 23.8. The lowest BCUT2D eigenvalue weighted by Gasteiger charge is -2.19. The first-order valence-electron chi connectivity index (χ1n) is 15.2. The molecule has 0 aromatic rings. The number of hydrogen-bond donors (Lipinski definition) is 3. The molecule has 0 aromatic carbocycles. The summed E-state index contributed by atoms with van der Waals surface area (Å²) in [5.74, 6) is -0.0990. The third kappa shape index (κ3) is 24.3. The van der Waals surface area contributed by atoms with Crippen molar-refractivity contribution in [2.45, 2.75) is 154 Å². The summed E-state index contributed by atoms with van der Waals surface area (Å²) in [7, 11) is 0. The largest absolute Gasteiger partial charge is 0.394 e. The molecule has 0 radical (unpaired) electrons. The van der Waals surface area contributed by atoms with Crippen LogP contribution in [0.4, 0.5) is 0 Å². The van der Waals surface area contributed by atoms with Crippen LogP contribution in [-0.4, -0.2) is 34.9 Å². The molecule has 3 N–H and O–H groups in total. The Labute approximate surface area is 223 Å². The fraction of sp³-hybridized carbons (Fsp3) is 0.781. The smallest absolute Gasteiger partial charge is 0.220 e. The molecule has 0 heterocycles. The summed E-state index contributed by atoms with van der Waals surface area (Å²) in [5.41, 5.74) is 0. The zero-order chi connectivity index (χ0) is 26.5. The maximum Gasteiger partial charge on any atom is 0.220 e. The highest BCUT2D eigenvalue weighted by molar-refractivity contribution is 5.76. The molecule has 0 bridgehead atoms. The standard InChI is InChI=1S/C32H59NO3/c1-3-5-7-9-10-11-12-13-14-15-16-17-18-19-20-21-22-23-24-25-27-31(35)30(29-34)33-32(36)28-26-8-6-4-2/h17-18,21-22,25,27,30-31,34-35H,3-16,19-20,23-24,26,28-29H2,1-2H3,(H,33,36)/b18-17+,22-21+,27-25+. The van der Waals surface area contributed by atoms with Crippen molar-refractivity contribution in [1.82, 2.24) is 5.32 Å². The van der Waals surface area contributed by atoms with Crippen molar-refractivity contribution in [3.05, 3.63) is 36.5 Å². The van der Waals surface area contributed by atoms with E-state index in [1.807, 2.05) is 6.08 Å². The zero-order valence-corrected chi connectivity index (χ0v) is 23.8. The first-order valence-corrected chi connectivity index (χ1v) is 15.2. The highest BCUT2D eigenvalue weighted by Crippen LogP contribution is 2.11. The minimum Gasteiger partial charge on any atom is -0.394 e. The van der Waals surface area contributed by atoms with Crippen LogP contribution in [-0.2, 0) is 4.79 Å². The first kappa shape index (κ1) is 34.6. The summed E-state index contributed by atoms with van der Waals surface area (Å²) in [5, 5.41) is 22.5. The Balaban J connectivity index is 3.67. The van der Waals surface area contributed by atoms with Gasteiger partial charge in [-0.05, 0) is 44.9 Å². The van der Waals surface area contributed by atoms with Crippen LogP contribution in [0.1, 0.15) is 142 Å². The average Bonchev–Trinajstić information content (AvgIpc) is 2.88. The van der Waals surface area contributed by atoms with Gasteiger partial charge in [-0.2, -0.15) is 0 Å². The summed E-state index contributed by atoms with van der Waals surface area (Å²) in [6, 6.07) is -0.637. The van der Waals surface area contributed by atoms with Gasteiger partial charge in [0, 0.05) is 6.42 Å². The van der Waals surface area contributed by atoms with Gasteiger partial charge in [0.15, 0.2) is 0 Å². The van der Waals surface area contributed by atoms with Gasteiger partial charge >= 0.3 is 0 Å². The Bertz CT molecular complexity index is 556. The van der Waals surface area contributed by atoms with Crippen LogP contribution in [0.25, 0.3) is 0 Å². The van der Waals surface area contributed by atoms with Crippen molar-refractivity contribution in [3.63, 3.8) is 0 Å². The molecule has 0 aliphatic heterocycles. The van der Waals surface area contributed by atoms with Crippen LogP contribution in [0.5, 0.6) is 0 Å². The number of hydrogen-bond acceptors (Lipinski definition) is 3. The second kappa shape index (κ2) is 28.2. The molecule has 36 heavy (non-hydrogen) atoms. The fourth-order valence-corrected chi connectivity index (χ4v) is 4.21. The maximum atomic E-state index is 12.0. The number of rotatable bonds is 26. The number of aliphatic hydroxyl groups is 2. The van der Waals surface area contributed by atoms with E-state index in [2.05, 4.69) is 43.5 Å². The van der Waals surface area contributed by atoms with Gasteiger partial charge in [-0.3, -0.25) is 4.79 Å². The van der Waals surface area contributed by atoms with E-state index in [0.29, 0.717) is 6.42 Å². The molecule has 0 fully saturated rings. The van der Waals surface area contributed by atoms with E-state index in [0.717, 1.165) is 51.4 Å². The van der Waals surface area contributed by atoms with Crippen molar-refractivity contribution in [2.75, 3.05) is 6.61 Å². The predicted molar refractivity (Wildman–Crippen MR) is 156 cm³/mol. The van der Waals surface area contributed by atoms with Crippen LogP contribution in [0.3, 0.4) is 0 Å². The molecule has 2 unspecified atom stereocenters. The average molecular weight is 506 g/mol. The van der Waals surface area contributed by atoms with Crippen molar-refractivity contribution < 1.29 is 15.0 Å². The number of nitrogens with one attached hydrogen (secondary N) is 1. The third-order valence-electron chi connectivity index (χ3n) is 6.60. The highest BCUT2D eigenvalue weighted by atomic mass is 16.3. The van der Waals surface area contributed by atoms with E-state index in [1.165, 1.54) is 70.6 Å². The first-order chi connectivity index (χ1) is 17.7. The lowest BCUT2D eigenvalue weighted by molar-refractivity contribution is -0.123. The van der Waals surface area contributed by atoms with Crippen molar-refractivity contribution in [2.24, 2.45) is 0 Å². The number of aliphatic hydroxyl groups excluding tert-OH is 2. The molecule has 4 nitrogen and oxygen atoms in total. The third-order valence-corrected chi connectivity index (χ3v) is 6.60. The molecule has 4 heteroatoms. The van der Waals surface area contributed by atoms with E-state index >= 15 is 0 Å². The van der Waals surface area contributed by atoms with Crippen LogP contribution in [0.15, 0.2) is 36.5 Å². The van der Waals surface area contributed by atoms with Gasteiger partial charge in [0.1, 0.15) is 0 Å². The van der Waals surface area contributed by atoms with Gasteiger partial charge in [-0.15, -0.1) is 0 Å². The fourth-order valence-electron chi connectivity index (χ4n) is 4.21. The molecular weight excluding hydrogens is 446 g/mol. The van der Waals surface area contributed by atoms with Crippen molar-refractivity contribution in [1.29, 1.82) is 0 Å². The van der Waals surface area contributed by atoms with Crippen molar-refractivity contribution >= 4 is 5.91 Å². The monoisotopic (exact) mass is 505 g/mol. The minimum absolute atomic E-state index is 0.0990. The lowest BCUT2D eigenvalue weighted by atomic mass is 10.1. The summed E-state index contributed by atoms with van der Waals surface area (Å²) >= 11 is 0. The van der Waals surface area contributed by atoms with Gasteiger partial charge in [-0.25, -0.2) is 0 Å². The van der Waals surface area contributed by atoms with Gasteiger partial charge < -0.3 is 15.5 Å². The van der Waals surface area contributed by atoms with E-state index in [1.54, 1.807) is 6.08 Å². The SMILES string of the molecule is CCCCCCCCCCCC/C=C/CC/C=C/CC/C=C/C(O)C(CO)NC(=O)CCCCCC. The summed E-state index contributed by atoms with van der Waals surface area (Å²) < 4.78 is 0. The molecule has 0 spiro atoms. The number of unbranched alkanes of at least 4 members (excludes halogenated alkanes) is 15. The molecule has 0 aliphatic carbocycles. The Hall–Kier alpha value is -1.39. The molecule has 0 rings (SSSR count). The van der Waals surface area contributed by atoms with Gasteiger partial charge in [0.2, 0.25) is 5.91 Å². The minimum atomic E-state index is -0.862. The van der Waals surface area contributed by atoms with Crippen LogP contribution in [0, 0.1) is 0 Å². The Kier molecular flexibility index (Phi) is 27.1. The maximum absolute atomic E-state index is 12.0. The molecule has 0 saturated carbocycles. The van der Waals surface area contributed by atoms with Crippen LogP contribution < -0.4 is 5.32 Å². The Morgan fingerprint density at radius 1 is 0.639 bits per heavy atom. The number of carbonyl (C=O) groups excluding carboxylic acids is 1. The molecule has 210 valence electrons. The van der Waals surface area contributed by atoms with E-state index < -0.39 is 12.1 Å². The van der Waals surface area contributed by atoms with Gasteiger partial charge in [-0.1, -0.05) is 127 Å². The van der Waals surface area contributed by atoms with E-state index in [-0.39, 0.29) is 12.5 Å². The molecule has 0 aliphatic rings. The quantitative estimate of drug-likeness (QED) is 0.0817. The molecule has 0 saturated heterocycles. The molecule has 0 aromatic heterocycles. The Morgan fingerprint density at radius 3 is 1.61 bits per heavy atom. The highest BCUT2D eigenvalue weighted by Gasteiger charge is 2.17. The second-order valence-electron chi connectivity index (χ2n) is 10.2. The molecular formula is C32H59NO3. The Morgan fingerprint density at radius 2 is 1.08 bits per heavy atom. The van der Waals surface area contributed by atoms with E-state index in [9.17, 15) is 15.0 Å². The van der Waals surface area contributed by atoms with Crippen LogP contribution in [0.2, 0.25) is 0 Å². The number of amides is 1. The van der Waals surface area contributed by atoms with E-state index in [4.69, 9.17) is 0 Å². The summed E-state index contributed by atoms with van der Waals surface area (Å²) in [6.45, 7) is 4.15. The van der Waals surface area contributed by atoms with Crippen molar-refractivity contribution in [3.8, 4) is 0 Å². The van der Waals surface area contributed by atoms with Gasteiger partial charge in [0.25, 0.3) is 0 Å². The molecule has 1 amide bonds.